The first-order valence-electron chi connectivity index (χ1n) is 6.90. The second-order valence-electron chi connectivity index (χ2n) is 4.47. The molecule has 0 bridgehead atoms. The molecule has 0 aliphatic heterocycles. The van der Waals surface area contributed by atoms with E-state index in [1.165, 1.54) is 10.9 Å². The van der Waals surface area contributed by atoms with Gasteiger partial charge in [-0.15, -0.1) is 0 Å². The maximum atomic E-state index is 5.90. The molecule has 0 unspecified atom stereocenters. The zero-order valence-corrected chi connectivity index (χ0v) is 12.7. The SMILES string of the molecule is CCCCOP(OCCCC)c1ccc(C)cc1. The van der Waals surface area contributed by atoms with Gasteiger partial charge >= 0.3 is 0 Å². The van der Waals surface area contributed by atoms with Crippen molar-refractivity contribution in [1.82, 2.24) is 0 Å². The number of unbranched alkanes of at least 4 members (excludes halogenated alkanes) is 2. The van der Waals surface area contributed by atoms with Gasteiger partial charge in [0.25, 0.3) is 0 Å². The van der Waals surface area contributed by atoms with Crippen molar-refractivity contribution in [3.05, 3.63) is 29.8 Å². The molecule has 18 heavy (non-hydrogen) atoms. The molecule has 102 valence electrons. The minimum atomic E-state index is -0.891. The van der Waals surface area contributed by atoms with E-state index in [4.69, 9.17) is 9.05 Å². The predicted octanol–water partition coefficient (Wildman–Crippen LogP) is 4.57. The first-order valence-corrected chi connectivity index (χ1v) is 8.08. The molecule has 3 heteroatoms. The van der Waals surface area contributed by atoms with Gasteiger partial charge in [0.05, 0.1) is 13.2 Å². The van der Waals surface area contributed by atoms with E-state index < -0.39 is 8.38 Å². The van der Waals surface area contributed by atoms with Crippen molar-refractivity contribution in [2.75, 3.05) is 13.2 Å². The molecule has 0 aliphatic carbocycles. The van der Waals surface area contributed by atoms with Gasteiger partial charge in [0.1, 0.15) is 0 Å². The Balaban J connectivity index is 2.54. The van der Waals surface area contributed by atoms with E-state index in [1.807, 2.05) is 0 Å². The average molecular weight is 268 g/mol. The van der Waals surface area contributed by atoms with Gasteiger partial charge in [-0.2, -0.15) is 0 Å². The molecule has 0 saturated carbocycles. The van der Waals surface area contributed by atoms with Crippen LogP contribution in [-0.4, -0.2) is 13.2 Å². The Morgan fingerprint density at radius 2 is 1.39 bits per heavy atom. The van der Waals surface area contributed by atoms with Crippen molar-refractivity contribution < 1.29 is 9.05 Å². The Bertz CT molecular complexity index is 301. The second kappa shape index (κ2) is 9.49. The fourth-order valence-corrected chi connectivity index (χ4v) is 2.79. The lowest BCUT2D eigenvalue weighted by Crippen LogP contribution is -2.07. The summed E-state index contributed by atoms with van der Waals surface area (Å²) < 4.78 is 11.8. The zero-order valence-electron chi connectivity index (χ0n) is 11.8. The summed E-state index contributed by atoms with van der Waals surface area (Å²) >= 11 is 0. The fraction of sp³-hybridized carbons (Fsp3) is 0.600. The summed E-state index contributed by atoms with van der Waals surface area (Å²) in [5.74, 6) is 0. The van der Waals surface area contributed by atoms with Crippen LogP contribution in [0.3, 0.4) is 0 Å². The third kappa shape index (κ3) is 5.95. The zero-order chi connectivity index (χ0) is 13.2. The summed E-state index contributed by atoms with van der Waals surface area (Å²) in [6.07, 6.45) is 4.52. The molecule has 0 heterocycles. The molecule has 1 rings (SSSR count). The highest BCUT2D eigenvalue weighted by molar-refractivity contribution is 7.56. The molecular formula is C15H25O2P. The van der Waals surface area contributed by atoms with E-state index in [1.54, 1.807) is 0 Å². The molecule has 0 saturated heterocycles. The minimum Gasteiger partial charge on any atom is -0.331 e. The summed E-state index contributed by atoms with van der Waals surface area (Å²) in [6.45, 7) is 8.04. The molecule has 1 aromatic carbocycles. The van der Waals surface area contributed by atoms with Crippen molar-refractivity contribution in [2.45, 2.75) is 46.5 Å². The van der Waals surface area contributed by atoms with Gasteiger partial charge in [-0.3, -0.25) is 0 Å². The van der Waals surface area contributed by atoms with Crippen LogP contribution in [0, 0.1) is 6.92 Å². The highest BCUT2D eigenvalue weighted by Gasteiger charge is 2.13. The highest BCUT2D eigenvalue weighted by Crippen LogP contribution is 2.37. The smallest absolute Gasteiger partial charge is 0.205 e. The van der Waals surface area contributed by atoms with Crippen molar-refractivity contribution in [3.63, 3.8) is 0 Å². The highest BCUT2D eigenvalue weighted by atomic mass is 31.2. The summed E-state index contributed by atoms with van der Waals surface area (Å²) in [5.41, 5.74) is 1.27. The van der Waals surface area contributed by atoms with E-state index in [2.05, 4.69) is 45.0 Å². The largest absolute Gasteiger partial charge is 0.331 e. The number of hydrogen-bond donors (Lipinski definition) is 0. The first kappa shape index (κ1) is 15.6. The van der Waals surface area contributed by atoms with Crippen molar-refractivity contribution in [3.8, 4) is 0 Å². The molecule has 0 aromatic heterocycles. The molecule has 0 fully saturated rings. The molecule has 0 amide bonds. The lowest BCUT2D eigenvalue weighted by Gasteiger charge is -2.17. The maximum Gasteiger partial charge on any atom is 0.205 e. The Hall–Kier alpha value is -0.430. The molecule has 1 aromatic rings. The third-order valence-electron chi connectivity index (χ3n) is 2.66. The van der Waals surface area contributed by atoms with Gasteiger partial charge in [-0.05, 0) is 31.9 Å². The monoisotopic (exact) mass is 268 g/mol. The lowest BCUT2D eigenvalue weighted by molar-refractivity contribution is 0.250. The van der Waals surface area contributed by atoms with Crippen LogP contribution < -0.4 is 5.30 Å². The topological polar surface area (TPSA) is 18.5 Å². The van der Waals surface area contributed by atoms with Gasteiger partial charge in [0.15, 0.2) is 0 Å². The maximum absolute atomic E-state index is 5.90. The Morgan fingerprint density at radius 1 is 0.889 bits per heavy atom. The lowest BCUT2D eigenvalue weighted by atomic mass is 10.2. The standard InChI is InChI=1S/C15H25O2P/c1-4-6-12-16-18(17-13-7-5-2)15-10-8-14(3)9-11-15/h8-11H,4-7,12-13H2,1-3H3. The Morgan fingerprint density at radius 3 is 1.83 bits per heavy atom. The van der Waals surface area contributed by atoms with Crippen LogP contribution in [-0.2, 0) is 9.05 Å². The van der Waals surface area contributed by atoms with Crippen LogP contribution >= 0.6 is 8.38 Å². The van der Waals surface area contributed by atoms with Crippen LogP contribution in [0.5, 0.6) is 0 Å². The summed E-state index contributed by atoms with van der Waals surface area (Å²) in [4.78, 5) is 0. The normalized spacial score (nSPS) is 11.1. The van der Waals surface area contributed by atoms with Crippen LogP contribution in [0.4, 0.5) is 0 Å². The number of hydrogen-bond acceptors (Lipinski definition) is 2. The van der Waals surface area contributed by atoms with Crippen LogP contribution in [0.1, 0.15) is 45.1 Å². The number of benzene rings is 1. The molecular weight excluding hydrogens is 243 g/mol. The molecule has 0 aliphatic rings. The fourth-order valence-electron chi connectivity index (χ4n) is 1.44. The summed E-state index contributed by atoms with van der Waals surface area (Å²) in [7, 11) is -0.891. The van der Waals surface area contributed by atoms with E-state index in [0.717, 1.165) is 38.9 Å². The minimum absolute atomic E-state index is 0.794. The van der Waals surface area contributed by atoms with Gasteiger partial charge in [-0.1, -0.05) is 44.4 Å². The van der Waals surface area contributed by atoms with Crippen molar-refractivity contribution >= 4 is 13.7 Å². The van der Waals surface area contributed by atoms with E-state index >= 15 is 0 Å². The summed E-state index contributed by atoms with van der Waals surface area (Å²) in [5, 5.41) is 1.18. The molecule has 0 N–H and O–H groups in total. The van der Waals surface area contributed by atoms with Gasteiger partial charge in [0, 0.05) is 5.30 Å². The average Bonchev–Trinajstić information content (AvgIpc) is 2.38. The third-order valence-corrected chi connectivity index (χ3v) is 4.21. The first-order chi connectivity index (χ1) is 8.77. The Labute approximate surface area is 113 Å². The number of rotatable bonds is 9. The van der Waals surface area contributed by atoms with Crippen LogP contribution in [0.2, 0.25) is 0 Å². The van der Waals surface area contributed by atoms with Gasteiger partial charge in [-0.25, -0.2) is 0 Å². The van der Waals surface area contributed by atoms with Crippen LogP contribution in [0.25, 0.3) is 0 Å². The van der Waals surface area contributed by atoms with Crippen molar-refractivity contribution in [2.24, 2.45) is 0 Å². The van der Waals surface area contributed by atoms with E-state index in [9.17, 15) is 0 Å². The second-order valence-corrected chi connectivity index (χ2v) is 6.01. The van der Waals surface area contributed by atoms with E-state index in [-0.39, 0.29) is 0 Å². The predicted molar refractivity (Wildman–Crippen MR) is 79.5 cm³/mol. The summed E-state index contributed by atoms with van der Waals surface area (Å²) in [6, 6.07) is 8.49. The molecule has 2 nitrogen and oxygen atoms in total. The quantitative estimate of drug-likeness (QED) is 0.482. The number of aryl methyl sites for hydroxylation is 1. The van der Waals surface area contributed by atoms with Gasteiger partial charge < -0.3 is 9.05 Å². The van der Waals surface area contributed by atoms with E-state index in [0.29, 0.717) is 0 Å². The van der Waals surface area contributed by atoms with Gasteiger partial charge in [0.2, 0.25) is 8.38 Å². The van der Waals surface area contributed by atoms with Crippen LogP contribution in [0.15, 0.2) is 24.3 Å². The molecule has 0 radical (unpaired) electrons. The molecule has 0 atom stereocenters. The van der Waals surface area contributed by atoms with Crippen molar-refractivity contribution in [1.29, 1.82) is 0 Å². The Kier molecular flexibility index (Phi) is 8.24. The molecule has 0 spiro atoms.